The third-order valence-electron chi connectivity index (χ3n) is 6.20. The molecule has 1 aliphatic carbocycles. The van der Waals surface area contributed by atoms with Crippen molar-refractivity contribution in [3.63, 3.8) is 0 Å². The van der Waals surface area contributed by atoms with Gasteiger partial charge in [0.1, 0.15) is 5.41 Å². The number of ether oxygens (including phenoxy) is 1. The van der Waals surface area contributed by atoms with Crippen molar-refractivity contribution in [3.05, 3.63) is 77.0 Å². The van der Waals surface area contributed by atoms with E-state index in [9.17, 15) is 4.79 Å². The molecular weight excluding hydrogens is 336 g/mol. The van der Waals surface area contributed by atoms with E-state index < -0.39 is 13.5 Å². The predicted octanol–water partition coefficient (Wildman–Crippen LogP) is 5.61. The van der Waals surface area contributed by atoms with Crippen LogP contribution in [0, 0.1) is 0 Å². The maximum atomic E-state index is 13.2. The Hall–Kier alpha value is -2.13. The predicted molar refractivity (Wildman–Crippen MR) is 111 cm³/mol. The fourth-order valence-electron chi connectivity index (χ4n) is 3.86. The highest BCUT2D eigenvalue weighted by atomic mass is 28.3. The van der Waals surface area contributed by atoms with Gasteiger partial charge in [-0.05, 0) is 26.9 Å². The Balaban J connectivity index is 2.30. The van der Waals surface area contributed by atoms with Gasteiger partial charge in [-0.1, -0.05) is 94.5 Å². The molecule has 1 atom stereocenters. The number of hydrogen-bond acceptors (Lipinski definition) is 2. The molecule has 2 aromatic rings. The molecule has 3 rings (SSSR count). The van der Waals surface area contributed by atoms with Crippen LogP contribution in [-0.4, -0.2) is 21.2 Å². The summed E-state index contributed by atoms with van der Waals surface area (Å²) in [7, 11) is -0.438. The zero-order chi connectivity index (χ0) is 19.2. The Morgan fingerprint density at radius 2 is 1.42 bits per heavy atom. The Labute approximate surface area is 157 Å². The monoisotopic (exact) mass is 364 g/mol. The molecule has 3 heteroatoms. The average Bonchev–Trinajstić information content (AvgIpc) is 3.34. The topological polar surface area (TPSA) is 26.3 Å². The van der Waals surface area contributed by atoms with Gasteiger partial charge in [0.05, 0.1) is 15.2 Å². The van der Waals surface area contributed by atoms with Crippen molar-refractivity contribution in [3.8, 4) is 0 Å². The molecule has 26 heavy (non-hydrogen) atoms. The summed E-state index contributed by atoms with van der Waals surface area (Å²) >= 11 is 0. The van der Waals surface area contributed by atoms with E-state index in [0.717, 1.165) is 16.7 Å². The van der Waals surface area contributed by atoms with Crippen LogP contribution in [0.3, 0.4) is 0 Å². The fourth-order valence-corrected chi connectivity index (χ4v) is 6.81. The van der Waals surface area contributed by atoms with Gasteiger partial charge in [0.15, 0.2) is 0 Å². The largest absolute Gasteiger partial charge is 0.468 e. The minimum absolute atomic E-state index is 0.132. The zero-order valence-corrected chi connectivity index (χ0v) is 17.6. The lowest BCUT2D eigenvalue weighted by atomic mass is 9.88. The lowest BCUT2D eigenvalue weighted by Crippen LogP contribution is -2.42. The second-order valence-corrected chi connectivity index (χ2v) is 13.8. The van der Waals surface area contributed by atoms with Crippen LogP contribution < -0.4 is 0 Å². The molecule has 0 aromatic heterocycles. The van der Waals surface area contributed by atoms with Gasteiger partial charge in [0.2, 0.25) is 0 Å². The first kappa shape index (κ1) is 18.7. The van der Waals surface area contributed by atoms with E-state index >= 15 is 0 Å². The molecule has 2 aromatic carbocycles. The summed E-state index contributed by atoms with van der Waals surface area (Å²) in [5, 5.41) is 1.44. The molecule has 0 spiro atoms. The van der Waals surface area contributed by atoms with Crippen LogP contribution in [0.25, 0.3) is 5.57 Å². The Kier molecular flexibility index (Phi) is 4.47. The van der Waals surface area contributed by atoms with Gasteiger partial charge >= 0.3 is 5.97 Å². The number of benzene rings is 2. The Morgan fingerprint density at radius 3 is 1.88 bits per heavy atom. The third kappa shape index (κ3) is 2.57. The summed E-state index contributed by atoms with van der Waals surface area (Å²) in [4.78, 5) is 13.2. The summed E-state index contributed by atoms with van der Waals surface area (Å²) in [5.41, 5.74) is 2.57. The van der Waals surface area contributed by atoms with Gasteiger partial charge in [0, 0.05) is 0 Å². The van der Waals surface area contributed by atoms with E-state index in [1.807, 2.05) is 36.4 Å². The molecule has 0 bridgehead atoms. The number of methoxy groups -OCH3 is 1. The first-order valence-corrected chi connectivity index (χ1v) is 12.1. The number of carbonyl (C=O) groups is 1. The maximum absolute atomic E-state index is 13.2. The van der Waals surface area contributed by atoms with Crippen LogP contribution in [0.5, 0.6) is 0 Å². The van der Waals surface area contributed by atoms with E-state index in [-0.39, 0.29) is 11.0 Å². The molecule has 0 saturated carbocycles. The van der Waals surface area contributed by atoms with Crippen LogP contribution in [0.15, 0.2) is 65.9 Å². The fraction of sp³-hybridized carbons (Fsp3) is 0.348. The highest BCUT2D eigenvalue weighted by Crippen LogP contribution is 2.66. The third-order valence-corrected chi connectivity index (χ3v) is 11.8. The first-order chi connectivity index (χ1) is 12.2. The number of esters is 1. The molecule has 0 radical (unpaired) electrons. The summed E-state index contributed by atoms with van der Waals surface area (Å²) in [6.07, 6.45) is 0. The lowest BCUT2D eigenvalue weighted by molar-refractivity contribution is -0.142. The minimum Gasteiger partial charge on any atom is -0.468 e. The van der Waals surface area contributed by atoms with E-state index in [0.29, 0.717) is 0 Å². The van der Waals surface area contributed by atoms with Crippen molar-refractivity contribution in [2.75, 3.05) is 7.11 Å². The molecule has 0 unspecified atom stereocenters. The highest BCUT2D eigenvalue weighted by Gasteiger charge is 2.67. The van der Waals surface area contributed by atoms with Crippen molar-refractivity contribution in [1.29, 1.82) is 0 Å². The van der Waals surface area contributed by atoms with Crippen molar-refractivity contribution < 1.29 is 9.53 Å². The molecule has 0 aliphatic heterocycles. The summed E-state index contributed by atoms with van der Waals surface area (Å²) < 4.78 is 5.36. The molecule has 1 aliphatic rings. The first-order valence-electron chi connectivity index (χ1n) is 9.14. The molecule has 2 nitrogen and oxygen atoms in total. The van der Waals surface area contributed by atoms with Crippen molar-refractivity contribution in [2.45, 2.75) is 44.3 Å². The normalized spacial score (nSPS) is 20.1. The lowest BCUT2D eigenvalue weighted by Gasteiger charge is -2.37. The molecule has 0 heterocycles. The second-order valence-electron chi connectivity index (χ2n) is 8.60. The number of hydrogen-bond donors (Lipinski definition) is 0. The van der Waals surface area contributed by atoms with E-state index in [2.05, 4.69) is 58.1 Å². The summed E-state index contributed by atoms with van der Waals surface area (Å²) in [6, 6.07) is 20.4. The van der Waals surface area contributed by atoms with Gasteiger partial charge in [-0.15, -0.1) is 0 Å². The number of carbonyl (C=O) groups excluding carboxylic acids is 1. The second kappa shape index (κ2) is 6.24. The Morgan fingerprint density at radius 1 is 0.923 bits per heavy atom. The van der Waals surface area contributed by atoms with Crippen LogP contribution in [-0.2, 0) is 14.9 Å². The molecular formula is C23H28O2Si. The van der Waals surface area contributed by atoms with Crippen LogP contribution in [0.1, 0.15) is 31.9 Å². The minimum atomic E-state index is -1.94. The van der Waals surface area contributed by atoms with Gasteiger partial charge < -0.3 is 4.74 Å². The average molecular weight is 365 g/mol. The van der Waals surface area contributed by atoms with Gasteiger partial charge in [-0.3, -0.25) is 4.79 Å². The van der Waals surface area contributed by atoms with Crippen LogP contribution in [0.2, 0.25) is 18.1 Å². The van der Waals surface area contributed by atoms with Gasteiger partial charge in [-0.25, -0.2) is 0 Å². The van der Waals surface area contributed by atoms with Crippen LogP contribution in [0.4, 0.5) is 0 Å². The van der Waals surface area contributed by atoms with Gasteiger partial charge in [-0.2, -0.15) is 0 Å². The SMILES string of the molecule is COC(=O)[C@]1(c2ccccc2)C(c2ccccc2)=C1[Si](C)(C)C(C)(C)C. The van der Waals surface area contributed by atoms with Crippen molar-refractivity contribution in [1.82, 2.24) is 0 Å². The number of rotatable bonds is 4. The maximum Gasteiger partial charge on any atom is 0.324 e. The molecule has 0 saturated heterocycles. The highest BCUT2D eigenvalue weighted by molar-refractivity contribution is 6.90. The van der Waals surface area contributed by atoms with Crippen molar-refractivity contribution in [2.24, 2.45) is 0 Å². The smallest absolute Gasteiger partial charge is 0.324 e. The Bertz CT molecular complexity index is 845. The zero-order valence-electron chi connectivity index (χ0n) is 16.6. The summed E-state index contributed by atoms with van der Waals surface area (Å²) in [5.74, 6) is -0.164. The van der Waals surface area contributed by atoms with Gasteiger partial charge in [0.25, 0.3) is 0 Å². The molecule has 0 amide bonds. The van der Waals surface area contributed by atoms with Crippen LogP contribution >= 0.6 is 0 Å². The summed E-state index contributed by atoms with van der Waals surface area (Å²) in [6.45, 7) is 11.6. The molecule has 0 N–H and O–H groups in total. The van der Waals surface area contributed by atoms with E-state index in [1.165, 1.54) is 12.3 Å². The quantitative estimate of drug-likeness (QED) is 0.520. The molecule has 0 fully saturated rings. The molecule has 136 valence electrons. The van der Waals surface area contributed by atoms with E-state index in [1.54, 1.807) is 0 Å². The standard InChI is InChI=1S/C23H28O2Si/c1-22(2,3)26(5,6)20-19(17-13-9-7-10-14-17)23(20,21(24)25-4)18-15-11-8-12-16-18/h7-16H,1-6H3/t23-/m1/s1. The van der Waals surface area contributed by atoms with Crippen molar-refractivity contribution >= 4 is 19.6 Å². The van der Waals surface area contributed by atoms with E-state index in [4.69, 9.17) is 4.74 Å².